The lowest BCUT2D eigenvalue weighted by atomic mass is 10.1. The molecule has 5 nitrogen and oxygen atoms in total. The molecular formula is C21H26N2O3. The summed E-state index contributed by atoms with van der Waals surface area (Å²) in [6, 6.07) is 12.7. The highest BCUT2D eigenvalue weighted by molar-refractivity contribution is 5.95. The fourth-order valence-electron chi connectivity index (χ4n) is 2.48. The largest absolute Gasteiger partial charge is 0.496 e. The maximum Gasteiger partial charge on any atom is 0.251 e. The molecule has 0 aliphatic carbocycles. The zero-order valence-electron chi connectivity index (χ0n) is 15.8. The van der Waals surface area contributed by atoms with Crippen LogP contribution in [-0.4, -0.2) is 25.0 Å². The zero-order valence-corrected chi connectivity index (χ0v) is 15.8. The molecule has 2 N–H and O–H groups in total. The quantitative estimate of drug-likeness (QED) is 0.800. The van der Waals surface area contributed by atoms with Crippen LogP contribution in [0.5, 0.6) is 5.75 Å². The molecule has 0 radical (unpaired) electrons. The molecule has 0 saturated heterocycles. The summed E-state index contributed by atoms with van der Waals surface area (Å²) in [7, 11) is 1.58. The van der Waals surface area contributed by atoms with Gasteiger partial charge in [-0.1, -0.05) is 25.1 Å². The predicted molar refractivity (Wildman–Crippen MR) is 103 cm³/mol. The summed E-state index contributed by atoms with van der Waals surface area (Å²) in [5.41, 5.74) is 2.98. The number of carbonyl (C=O) groups excluding carboxylic acids is 2. The molecule has 5 heteroatoms. The molecule has 138 valence electrons. The van der Waals surface area contributed by atoms with Crippen molar-refractivity contribution >= 4 is 11.8 Å². The number of amides is 2. The van der Waals surface area contributed by atoms with Gasteiger partial charge >= 0.3 is 0 Å². The van der Waals surface area contributed by atoms with Gasteiger partial charge in [0.2, 0.25) is 0 Å². The maximum atomic E-state index is 12.4. The van der Waals surface area contributed by atoms with E-state index in [1.54, 1.807) is 31.4 Å². The highest BCUT2D eigenvalue weighted by atomic mass is 16.5. The first-order valence-electron chi connectivity index (χ1n) is 8.77. The Balaban J connectivity index is 2.02. The van der Waals surface area contributed by atoms with Crippen molar-refractivity contribution in [1.29, 1.82) is 0 Å². The fraction of sp³-hybridized carbons (Fsp3) is 0.333. The first kappa shape index (κ1) is 19.5. The van der Waals surface area contributed by atoms with Gasteiger partial charge in [0, 0.05) is 23.7 Å². The van der Waals surface area contributed by atoms with Crippen molar-refractivity contribution in [1.82, 2.24) is 10.6 Å². The van der Waals surface area contributed by atoms with E-state index in [0.29, 0.717) is 23.4 Å². The lowest BCUT2D eigenvalue weighted by Gasteiger charge is -2.12. The molecular weight excluding hydrogens is 328 g/mol. The van der Waals surface area contributed by atoms with Crippen molar-refractivity contribution in [3.63, 3.8) is 0 Å². The minimum atomic E-state index is -0.183. The Morgan fingerprint density at radius 1 is 1.08 bits per heavy atom. The van der Waals surface area contributed by atoms with Crippen LogP contribution in [0, 0.1) is 6.92 Å². The normalized spacial score (nSPS) is 11.5. The second kappa shape index (κ2) is 9.04. The number of methoxy groups -OCH3 is 1. The molecule has 2 aromatic rings. The van der Waals surface area contributed by atoms with E-state index in [1.807, 2.05) is 39.0 Å². The van der Waals surface area contributed by atoms with Gasteiger partial charge in [-0.2, -0.15) is 0 Å². The van der Waals surface area contributed by atoms with Crippen molar-refractivity contribution in [2.24, 2.45) is 0 Å². The lowest BCUT2D eigenvalue weighted by Crippen LogP contribution is -2.32. The number of hydrogen-bond acceptors (Lipinski definition) is 3. The van der Waals surface area contributed by atoms with Crippen LogP contribution in [0.3, 0.4) is 0 Å². The third-order valence-electron chi connectivity index (χ3n) is 4.30. The monoisotopic (exact) mass is 354 g/mol. The van der Waals surface area contributed by atoms with Gasteiger partial charge < -0.3 is 15.4 Å². The molecule has 1 unspecified atom stereocenters. The molecule has 1 atom stereocenters. The molecule has 2 rings (SSSR count). The number of hydrogen-bond donors (Lipinski definition) is 2. The zero-order chi connectivity index (χ0) is 19.1. The molecule has 0 heterocycles. The van der Waals surface area contributed by atoms with Crippen LogP contribution >= 0.6 is 0 Å². The Kier molecular flexibility index (Phi) is 6.78. The average molecular weight is 354 g/mol. The lowest BCUT2D eigenvalue weighted by molar-refractivity contribution is 0.0936. The van der Waals surface area contributed by atoms with Crippen molar-refractivity contribution in [2.75, 3.05) is 7.11 Å². The molecule has 0 aromatic heterocycles. The van der Waals surface area contributed by atoms with Gasteiger partial charge in [0.1, 0.15) is 5.75 Å². The minimum absolute atomic E-state index is 0.101. The highest BCUT2D eigenvalue weighted by Gasteiger charge is 2.11. The molecule has 26 heavy (non-hydrogen) atoms. The van der Waals surface area contributed by atoms with Crippen LogP contribution in [0.15, 0.2) is 42.5 Å². The van der Waals surface area contributed by atoms with Gasteiger partial charge in [0.05, 0.1) is 7.11 Å². The van der Waals surface area contributed by atoms with Crippen LogP contribution in [0.2, 0.25) is 0 Å². The minimum Gasteiger partial charge on any atom is -0.496 e. The van der Waals surface area contributed by atoms with Crippen LogP contribution in [0.4, 0.5) is 0 Å². The number of rotatable bonds is 7. The van der Waals surface area contributed by atoms with Crippen molar-refractivity contribution in [3.8, 4) is 5.75 Å². The van der Waals surface area contributed by atoms with E-state index < -0.39 is 0 Å². The number of nitrogens with one attached hydrogen (secondary N) is 2. The van der Waals surface area contributed by atoms with Crippen LogP contribution in [-0.2, 0) is 6.54 Å². The molecule has 0 fully saturated rings. The predicted octanol–water partition coefficient (Wildman–Crippen LogP) is 3.46. The standard InChI is InChI=1S/C21H26N2O3/c1-5-15(3)23-21(25)17-8-6-7-16(11-17)13-22-20(24)18-10-9-14(2)19(12-18)26-4/h6-12,15H,5,13H2,1-4H3,(H,22,24)(H,23,25). The Morgan fingerprint density at radius 3 is 2.50 bits per heavy atom. The number of aryl methyl sites for hydroxylation is 1. The topological polar surface area (TPSA) is 67.4 Å². The number of carbonyl (C=O) groups is 2. The van der Waals surface area contributed by atoms with Crippen molar-refractivity contribution in [3.05, 3.63) is 64.7 Å². The number of benzene rings is 2. The molecule has 0 spiro atoms. The van der Waals surface area contributed by atoms with Gasteiger partial charge in [0.15, 0.2) is 0 Å². The summed E-state index contributed by atoms with van der Waals surface area (Å²) in [5, 5.41) is 5.82. The Labute approximate surface area is 154 Å². The van der Waals surface area contributed by atoms with Gasteiger partial charge in [-0.05, 0) is 55.7 Å². The van der Waals surface area contributed by atoms with Gasteiger partial charge in [-0.15, -0.1) is 0 Å². The summed E-state index contributed by atoms with van der Waals surface area (Å²) in [6.45, 7) is 6.27. The summed E-state index contributed by atoms with van der Waals surface area (Å²) in [6.07, 6.45) is 0.876. The van der Waals surface area contributed by atoms with E-state index in [4.69, 9.17) is 4.74 Å². The Hall–Kier alpha value is -2.82. The van der Waals surface area contributed by atoms with E-state index in [-0.39, 0.29) is 17.9 Å². The summed E-state index contributed by atoms with van der Waals surface area (Å²) in [4.78, 5) is 24.6. The molecule has 0 aliphatic rings. The maximum absolute atomic E-state index is 12.4. The third-order valence-corrected chi connectivity index (χ3v) is 4.30. The molecule has 0 bridgehead atoms. The molecule has 0 saturated carbocycles. The number of ether oxygens (including phenoxy) is 1. The first-order chi connectivity index (χ1) is 12.4. The highest BCUT2D eigenvalue weighted by Crippen LogP contribution is 2.19. The van der Waals surface area contributed by atoms with Crippen LogP contribution < -0.4 is 15.4 Å². The van der Waals surface area contributed by atoms with Crippen LogP contribution in [0.1, 0.15) is 52.1 Å². The Morgan fingerprint density at radius 2 is 1.81 bits per heavy atom. The van der Waals surface area contributed by atoms with E-state index in [9.17, 15) is 9.59 Å². The molecule has 2 amide bonds. The van der Waals surface area contributed by atoms with E-state index >= 15 is 0 Å². The van der Waals surface area contributed by atoms with Crippen LogP contribution in [0.25, 0.3) is 0 Å². The van der Waals surface area contributed by atoms with Gasteiger partial charge in [0.25, 0.3) is 11.8 Å². The van der Waals surface area contributed by atoms with Gasteiger partial charge in [-0.25, -0.2) is 0 Å². The first-order valence-corrected chi connectivity index (χ1v) is 8.77. The molecule has 2 aromatic carbocycles. The fourth-order valence-corrected chi connectivity index (χ4v) is 2.48. The summed E-state index contributed by atoms with van der Waals surface area (Å²) < 4.78 is 5.26. The third kappa shape index (κ3) is 5.09. The summed E-state index contributed by atoms with van der Waals surface area (Å²) in [5.74, 6) is 0.398. The summed E-state index contributed by atoms with van der Waals surface area (Å²) >= 11 is 0. The van der Waals surface area contributed by atoms with Crippen molar-refractivity contribution in [2.45, 2.75) is 39.8 Å². The van der Waals surface area contributed by atoms with E-state index in [2.05, 4.69) is 10.6 Å². The van der Waals surface area contributed by atoms with Gasteiger partial charge in [-0.3, -0.25) is 9.59 Å². The van der Waals surface area contributed by atoms with E-state index in [0.717, 1.165) is 17.5 Å². The Bertz CT molecular complexity index is 787. The SMILES string of the molecule is CCC(C)NC(=O)c1cccc(CNC(=O)c2ccc(C)c(OC)c2)c1. The molecule has 0 aliphatic heterocycles. The smallest absolute Gasteiger partial charge is 0.251 e. The van der Waals surface area contributed by atoms with Crippen molar-refractivity contribution < 1.29 is 14.3 Å². The second-order valence-electron chi connectivity index (χ2n) is 6.35. The second-order valence-corrected chi connectivity index (χ2v) is 6.35. The average Bonchev–Trinajstić information content (AvgIpc) is 2.66. The van der Waals surface area contributed by atoms with E-state index in [1.165, 1.54) is 0 Å².